The summed E-state index contributed by atoms with van der Waals surface area (Å²) in [4.78, 5) is 13.7. The summed E-state index contributed by atoms with van der Waals surface area (Å²) in [6.07, 6.45) is 4.54. The third kappa shape index (κ3) is 2.34. The number of aromatic nitrogens is 2. The van der Waals surface area contributed by atoms with Crippen LogP contribution in [0.4, 0.5) is 5.82 Å². The molecule has 0 bridgehead atoms. The molecule has 19 heavy (non-hydrogen) atoms. The van der Waals surface area contributed by atoms with Gasteiger partial charge >= 0.3 is 5.82 Å². The minimum atomic E-state index is -0.526. The maximum absolute atomic E-state index is 10.6. The third-order valence-electron chi connectivity index (χ3n) is 3.36. The van der Waals surface area contributed by atoms with Gasteiger partial charge in [-0.05, 0) is 46.4 Å². The van der Waals surface area contributed by atoms with E-state index in [1.165, 1.54) is 12.5 Å². The predicted molar refractivity (Wildman–Crippen MR) is 67.9 cm³/mol. The molecule has 0 aliphatic heterocycles. The largest absolute Gasteiger partial charge is 0.388 e. The first kappa shape index (κ1) is 11.9. The van der Waals surface area contributed by atoms with E-state index >= 15 is 0 Å². The summed E-state index contributed by atoms with van der Waals surface area (Å²) in [5, 5.41) is 20.6. The molecule has 3 rings (SSSR count). The highest BCUT2D eigenvalue weighted by atomic mass is 16.6. The van der Waals surface area contributed by atoms with Crippen LogP contribution in [0.15, 0.2) is 36.8 Å². The van der Waals surface area contributed by atoms with Gasteiger partial charge in [0.25, 0.3) is 0 Å². The van der Waals surface area contributed by atoms with Crippen molar-refractivity contribution in [1.82, 2.24) is 9.55 Å². The molecular formula is C13H13N3O3. The molecular weight excluding hydrogens is 246 g/mol. The number of rotatable bonds is 4. The van der Waals surface area contributed by atoms with Gasteiger partial charge in [-0.15, -0.1) is 0 Å². The highest BCUT2D eigenvalue weighted by molar-refractivity contribution is 5.37. The molecule has 1 aliphatic carbocycles. The van der Waals surface area contributed by atoms with Crippen molar-refractivity contribution >= 4 is 5.82 Å². The summed E-state index contributed by atoms with van der Waals surface area (Å²) in [6.45, 7) is 0. The zero-order valence-corrected chi connectivity index (χ0v) is 10.1. The molecule has 1 aromatic carbocycles. The Labute approximate surface area is 109 Å². The highest BCUT2D eigenvalue weighted by Crippen LogP contribution is 2.40. The average Bonchev–Trinajstić information content (AvgIpc) is 3.14. The fraction of sp³-hybridized carbons (Fsp3) is 0.308. The molecule has 1 N–H and O–H groups in total. The first-order valence-corrected chi connectivity index (χ1v) is 6.12. The van der Waals surface area contributed by atoms with Gasteiger partial charge in [0.15, 0.2) is 0 Å². The van der Waals surface area contributed by atoms with Crippen molar-refractivity contribution in [1.29, 1.82) is 0 Å². The number of benzene rings is 1. The molecule has 1 aliphatic rings. The molecule has 0 radical (unpaired) electrons. The highest BCUT2D eigenvalue weighted by Gasteiger charge is 2.30. The van der Waals surface area contributed by atoms with Crippen molar-refractivity contribution < 1.29 is 10.0 Å². The van der Waals surface area contributed by atoms with E-state index in [0.29, 0.717) is 5.92 Å². The van der Waals surface area contributed by atoms with Crippen LogP contribution >= 0.6 is 0 Å². The normalized spacial score (nSPS) is 16.3. The Hall–Kier alpha value is -2.21. The quantitative estimate of drug-likeness (QED) is 0.674. The van der Waals surface area contributed by atoms with Crippen LogP contribution in [-0.4, -0.2) is 19.6 Å². The van der Waals surface area contributed by atoms with Gasteiger partial charge in [-0.1, -0.05) is 12.1 Å². The van der Waals surface area contributed by atoms with Crippen molar-refractivity contribution in [2.24, 2.45) is 5.92 Å². The number of aliphatic hydroxyl groups excluding tert-OH is 1. The Kier molecular flexibility index (Phi) is 2.79. The number of imidazole rings is 1. The number of hydrogen-bond acceptors (Lipinski definition) is 4. The SMILES string of the molecule is O=[N+]([O-])c1cn(-c2ccc(C(O)C3CC3)cc2)cn1. The maximum atomic E-state index is 10.6. The topological polar surface area (TPSA) is 81.2 Å². The second-order valence-electron chi connectivity index (χ2n) is 4.77. The molecule has 1 heterocycles. The lowest BCUT2D eigenvalue weighted by Crippen LogP contribution is -2.00. The van der Waals surface area contributed by atoms with Crippen LogP contribution in [0.5, 0.6) is 0 Å². The van der Waals surface area contributed by atoms with E-state index in [4.69, 9.17) is 0 Å². The monoisotopic (exact) mass is 259 g/mol. The van der Waals surface area contributed by atoms with Crippen LogP contribution in [-0.2, 0) is 0 Å². The van der Waals surface area contributed by atoms with E-state index in [1.54, 1.807) is 4.57 Å². The van der Waals surface area contributed by atoms with Gasteiger partial charge in [-0.3, -0.25) is 4.57 Å². The second-order valence-corrected chi connectivity index (χ2v) is 4.77. The van der Waals surface area contributed by atoms with Crippen LogP contribution in [0.2, 0.25) is 0 Å². The van der Waals surface area contributed by atoms with Gasteiger partial charge in [0.05, 0.1) is 6.10 Å². The van der Waals surface area contributed by atoms with Crippen molar-refractivity contribution in [2.45, 2.75) is 18.9 Å². The van der Waals surface area contributed by atoms with E-state index < -0.39 is 11.0 Å². The average molecular weight is 259 g/mol. The Balaban J connectivity index is 1.82. The van der Waals surface area contributed by atoms with Crippen molar-refractivity contribution in [3.63, 3.8) is 0 Å². The molecule has 0 spiro atoms. The summed E-state index contributed by atoms with van der Waals surface area (Å²) in [5.41, 5.74) is 1.67. The molecule has 6 heteroatoms. The Morgan fingerprint density at radius 3 is 2.58 bits per heavy atom. The van der Waals surface area contributed by atoms with Crippen LogP contribution < -0.4 is 0 Å². The molecule has 1 saturated carbocycles. The summed E-state index contributed by atoms with van der Waals surface area (Å²) >= 11 is 0. The molecule has 2 aromatic rings. The van der Waals surface area contributed by atoms with Gasteiger partial charge in [0.1, 0.15) is 6.20 Å². The molecule has 1 aromatic heterocycles. The van der Waals surface area contributed by atoms with Crippen LogP contribution in [0.3, 0.4) is 0 Å². The lowest BCUT2D eigenvalue weighted by atomic mass is 10.1. The molecule has 0 amide bonds. The summed E-state index contributed by atoms with van der Waals surface area (Å²) < 4.78 is 1.59. The second kappa shape index (κ2) is 4.47. The number of hydrogen-bond donors (Lipinski definition) is 1. The summed E-state index contributed by atoms with van der Waals surface area (Å²) in [6, 6.07) is 7.35. The summed E-state index contributed by atoms with van der Waals surface area (Å²) in [7, 11) is 0. The maximum Gasteiger partial charge on any atom is 0.381 e. The van der Waals surface area contributed by atoms with Gasteiger partial charge in [0.2, 0.25) is 6.33 Å². The van der Waals surface area contributed by atoms with Crippen LogP contribution in [0.25, 0.3) is 5.69 Å². The first-order valence-electron chi connectivity index (χ1n) is 6.12. The zero-order chi connectivity index (χ0) is 13.4. The van der Waals surface area contributed by atoms with Gasteiger partial charge in [0, 0.05) is 5.69 Å². The number of nitro groups is 1. The van der Waals surface area contributed by atoms with E-state index in [1.807, 2.05) is 24.3 Å². The molecule has 0 saturated heterocycles. The van der Waals surface area contributed by atoms with E-state index in [2.05, 4.69) is 4.98 Å². The number of nitrogens with zero attached hydrogens (tertiary/aromatic N) is 3. The van der Waals surface area contributed by atoms with Gasteiger partial charge < -0.3 is 15.2 Å². The van der Waals surface area contributed by atoms with Crippen molar-refractivity contribution in [3.8, 4) is 5.69 Å². The Morgan fingerprint density at radius 2 is 2.05 bits per heavy atom. The van der Waals surface area contributed by atoms with Gasteiger partial charge in [-0.2, -0.15) is 0 Å². The van der Waals surface area contributed by atoms with E-state index in [-0.39, 0.29) is 5.82 Å². The predicted octanol–water partition coefficient (Wildman–Crippen LogP) is 2.22. The number of aliphatic hydroxyl groups is 1. The minimum Gasteiger partial charge on any atom is -0.388 e. The molecule has 6 nitrogen and oxygen atoms in total. The van der Waals surface area contributed by atoms with E-state index in [9.17, 15) is 15.2 Å². The van der Waals surface area contributed by atoms with Crippen LogP contribution in [0, 0.1) is 16.0 Å². The molecule has 1 fully saturated rings. The van der Waals surface area contributed by atoms with Crippen LogP contribution in [0.1, 0.15) is 24.5 Å². The fourth-order valence-electron chi connectivity index (χ4n) is 2.08. The molecule has 1 unspecified atom stereocenters. The zero-order valence-electron chi connectivity index (χ0n) is 10.1. The van der Waals surface area contributed by atoms with Gasteiger partial charge in [-0.25, -0.2) is 0 Å². The Bertz CT molecular complexity index is 602. The standard InChI is InChI=1S/C13H13N3O3/c17-13(9-1-2-9)10-3-5-11(6-4-10)15-7-12(14-8-15)16(18)19/h3-9,13,17H,1-2H2. The van der Waals surface area contributed by atoms with E-state index in [0.717, 1.165) is 24.1 Å². The smallest absolute Gasteiger partial charge is 0.381 e. The fourth-order valence-corrected chi connectivity index (χ4v) is 2.08. The van der Waals surface area contributed by atoms with Crippen molar-refractivity contribution in [3.05, 3.63) is 52.5 Å². The minimum absolute atomic E-state index is 0.179. The van der Waals surface area contributed by atoms with Crippen molar-refractivity contribution in [2.75, 3.05) is 0 Å². The lowest BCUT2D eigenvalue weighted by molar-refractivity contribution is -0.389. The first-order chi connectivity index (χ1) is 9.15. The molecule has 1 atom stereocenters. The summed E-state index contributed by atoms with van der Waals surface area (Å²) in [5.74, 6) is 0.210. The lowest BCUT2D eigenvalue weighted by Gasteiger charge is -2.10. The Morgan fingerprint density at radius 1 is 1.37 bits per heavy atom. The third-order valence-corrected chi connectivity index (χ3v) is 3.36. The molecule has 98 valence electrons.